The van der Waals surface area contributed by atoms with Crippen LogP contribution >= 0.6 is 11.6 Å². The molecule has 8 heteroatoms. The third-order valence-corrected chi connectivity index (χ3v) is 7.26. The van der Waals surface area contributed by atoms with E-state index in [-0.39, 0.29) is 5.56 Å². The van der Waals surface area contributed by atoms with Gasteiger partial charge in [-0.05, 0) is 49.2 Å². The summed E-state index contributed by atoms with van der Waals surface area (Å²) in [6, 6.07) is 12.8. The van der Waals surface area contributed by atoms with Crippen LogP contribution in [0.2, 0.25) is 5.02 Å². The normalized spacial score (nSPS) is 17.8. The summed E-state index contributed by atoms with van der Waals surface area (Å²) in [6.07, 6.45) is 6.52. The van der Waals surface area contributed by atoms with E-state index >= 15 is 0 Å². The quantitative estimate of drug-likeness (QED) is 0.519. The number of aromatic nitrogens is 2. The van der Waals surface area contributed by atoms with Gasteiger partial charge in [-0.1, -0.05) is 36.9 Å². The number of piperazine rings is 1. The Morgan fingerprint density at radius 2 is 1.79 bits per heavy atom. The van der Waals surface area contributed by atoms with Gasteiger partial charge in [-0.2, -0.15) is 0 Å². The number of halogens is 1. The Morgan fingerprint density at radius 1 is 1.03 bits per heavy atom. The predicted molar refractivity (Wildman–Crippen MR) is 134 cm³/mol. The Kier molecular flexibility index (Phi) is 6.57. The first kappa shape index (κ1) is 22.9. The van der Waals surface area contributed by atoms with Gasteiger partial charge in [0.1, 0.15) is 0 Å². The summed E-state index contributed by atoms with van der Waals surface area (Å²) < 4.78 is 6.50. The van der Waals surface area contributed by atoms with E-state index < -0.39 is 5.97 Å². The van der Waals surface area contributed by atoms with Gasteiger partial charge < -0.3 is 9.64 Å². The SMILES string of the molecule is COC(=O)c1ccc2c(=O)n(-c3cccc(Cl)c3)c(N3CCN(C4CCCCC4)CC3)nc2c1. The molecule has 2 fully saturated rings. The van der Waals surface area contributed by atoms with Gasteiger partial charge in [0.15, 0.2) is 0 Å². The minimum atomic E-state index is -0.453. The molecule has 2 heterocycles. The maximum absolute atomic E-state index is 13.7. The van der Waals surface area contributed by atoms with Crippen molar-refractivity contribution < 1.29 is 9.53 Å². The molecule has 0 spiro atoms. The summed E-state index contributed by atoms with van der Waals surface area (Å²) >= 11 is 6.27. The largest absolute Gasteiger partial charge is 0.465 e. The Morgan fingerprint density at radius 3 is 2.50 bits per heavy atom. The lowest BCUT2D eigenvalue weighted by atomic mass is 9.94. The summed E-state index contributed by atoms with van der Waals surface area (Å²) in [5.41, 5.74) is 1.34. The van der Waals surface area contributed by atoms with Crippen molar-refractivity contribution >= 4 is 34.4 Å². The van der Waals surface area contributed by atoms with E-state index in [2.05, 4.69) is 9.80 Å². The van der Waals surface area contributed by atoms with E-state index in [1.807, 2.05) is 12.1 Å². The van der Waals surface area contributed by atoms with Crippen LogP contribution < -0.4 is 10.5 Å². The van der Waals surface area contributed by atoms with Gasteiger partial charge in [-0.3, -0.25) is 9.69 Å². The molecule has 2 aliphatic rings. The van der Waals surface area contributed by atoms with Crippen molar-refractivity contribution in [2.24, 2.45) is 0 Å². The molecule has 0 atom stereocenters. The molecule has 1 aromatic heterocycles. The highest BCUT2D eigenvalue weighted by atomic mass is 35.5. The van der Waals surface area contributed by atoms with Crippen LogP contribution in [0, 0.1) is 0 Å². The molecule has 3 aromatic rings. The summed E-state index contributed by atoms with van der Waals surface area (Å²) in [4.78, 5) is 35.4. The van der Waals surface area contributed by atoms with Gasteiger partial charge >= 0.3 is 5.97 Å². The molecule has 5 rings (SSSR count). The molecule has 0 unspecified atom stereocenters. The van der Waals surface area contributed by atoms with Crippen molar-refractivity contribution in [3.8, 4) is 5.69 Å². The molecule has 1 saturated carbocycles. The number of hydrogen-bond donors (Lipinski definition) is 0. The minimum absolute atomic E-state index is 0.187. The number of rotatable bonds is 4. The van der Waals surface area contributed by atoms with Gasteiger partial charge in [0.05, 0.1) is 29.3 Å². The highest BCUT2D eigenvalue weighted by molar-refractivity contribution is 6.30. The molecule has 1 aliphatic heterocycles. The van der Waals surface area contributed by atoms with Crippen LogP contribution in [0.4, 0.5) is 5.95 Å². The average Bonchev–Trinajstić information content (AvgIpc) is 2.88. The summed E-state index contributed by atoms with van der Waals surface area (Å²) in [6.45, 7) is 3.45. The number of nitrogens with zero attached hydrogens (tertiary/aromatic N) is 4. The lowest BCUT2D eigenvalue weighted by molar-refractivity contribution is 0.0601. The van der Waals surface area contributed by atoms with Gasteiger partial charge in [0.2, 0.25) is 5.95 Å². The van der Waals surface area contributed by atoms with Crippen molar-refractivity contribution in [3.63, 3.8) is 0 Å². The van der Waals surface area contributed by atoms with E-state index in [1.165, 1.54) is 39.2 Å². The lowest BCUT2D eigenvalue weighted by Crippen LogP contribution is -2.52. The van der Waals surface area contributed by atoms with E-state index in [1.54, 1.807) is 34.9 Å². The first-order valence-corrected chi connectivity index (χ1v) is 12.3. The van der Waals surface area contributed by atoms with Gasteiger partial charge in [0.25, 0.3) is 5.56 Å². The zero-order chi connectivity index (χ0) is 23.7. The van der Waals surface area contributed by atoms with Gasteiger partial charge in [0, 0.05) is 37.2 Å². The fraction of sp³-hybridized carbons (Fsp3) is 0.423. The Labute approximate surface area is 203 Å². The second-order valence-corrected chi connectivity index (χ2v) is 9.51. The van der Waals surface area contributed by atoms with Crippen LogP contribution in [0.15, 0.2) is 47.3 Å². The van der Waals surface area contributed by atoms with Crippen LogP contribution in [0.25, 0.3) is 16.6 Å². The van der Waals surface area contributed by atoms with E-state index in [9.17, 15) is 9.59 Å². The second-order valence-electron chi connectivity index (χ2n) is 9.07. The highest BCUT2D eigenvalue weighted by Gasteiger charge is 2.28. The number of benzene rings is 2. The average molecular weight is 481 g/mol. The molecule has 178 valence electrons. The standard InChI is InChI=1S/C26H29ClN4O3/c1-34-25(33)18-10-11-22-23(16-18)28-26(31(24(22)32)21-9-5-6-19(27)17-21)30-14-12-29(13-15-30)20-7-3-2-4-8-20/h5-6,9-11,16-17,20H,2-4,7-8,12-15H2,1H3. The molecule has 7 nitrogen and oxygen atoms in total. The molecular weight excluding hydrogens is 452 g/mol. The third kappa shape index (κ3) is 4.42. The summed E-state index contributed by atoms with van der Waals surface area (Å²) in [5.74, 6) is 0.121. The van der Waals surface area contributed by atoms with Crippen molar-refractivity contribution in [2.75, 3.05) is 38.2 Å². The van der Waals surface area contributed by atoms with Crippen LogP contribution in [-0.2, 0) is 4.74 Å². The summed E-state index contributed by atoms with van der Waals surface area (Å²) in [5, 5.41) is 0.996. The monoisotopic (exact) mass is 480 g/mol. The number of anilines is 1. The maximum atomic E-state index is 13.7. The van der Waals surface area contributed by atoms with Crippen LogP contribution in [0.5, 0.6) is 0 Å². The van der Waals surface area contributed by atoms with E-state index in [4.69, 9.17) is 21.3 Å². The fourth-order valence-electron chi connectivity index (χ4n) is 5.21. The first-order chi connectivity index (χ1) is 16.5. The highest BCUT2D eigenvalue weighted by Crippen LogP contribution is 2.26. The Bertz CT molecular complexity index is 1260. The molecule has 1 aliphatic carbocycles. The molecule has 0 bridgehead atoms. The number of ether oxygens (including phenoxy) is 1. The third-order valence-electron chi connectivity index (χ3n) is 7.03. The zero-order valence-corrected chi connectivity index (χ0v) is 20.1. The number of carbonyl (C=O) groups is 1. The predicted octanol–water partition coefficient (Wildman–Crippen LogP) is 4.28. The molecule has 0 N–H and O–H groups in total. The van der Waals surface area contributed by atoms with Crippen LogP contribution in [0.1, 0.15) is 42.5 Å². The number of methoxy groups -OCH3 is 1. The molecule has 34 heavy (non-hydrogen) atoms. The van der Waals surface area contributed by atoms with E-state index in [0.29, 0.717) is 39.2 Å². The van der Waals surface area contributed by atoms with Crippen LogP contribution in [-0.4, -0.2) is 59.8 Å². The topological polar surface area (TPSA) is 67.7 Å². The number of fused-ring (bicyclic) bond motifs is 1. The first-order valence-electron chi connectivity index (χ1n) is 12.0. The number of hydrogen-bond acceptors (Lipinski definition) is 6. The molecule has 1 saturated heterocycles. The zero-order valence-electron chi connectivity index (χ0n) is 19.4. The smallest absolute Gasteiger partial charge is 0.337 e. The fourth-order valence-corrected chi connectivity index (χ4v) is 5.40. The van der Waals surface area contributed by atoms with Crippen LogP contribution in [0.3, 0.4) is 0 Å². The van der Waals surface area contributed by atoms with Crippen molar-refractivity contribution in [1.82, 2.24) is 14.5 Å². The maximum Gasteiger partial charge on any atom is 0.337 e. The number of esters is 1. The van der Waals surface area contributed by atoms with Crippen molar-refractivity contribution in [3.05, 3.63) is 63.4 Å². The summed E-state index contributed by atoms with van der Waals surface area (Å²) in [7, 11) is 1.34. The van der Waals surface area contributed by atoms with Crippen molar-refractivity contribution in [1.29, 1.82) is 0 Å². The molecular formula is C26H29ClN4O3. The minimum Gasteiger partial charge on any atom is -0.465 e. The molecule has 0 amide bonds. The Hall–Kier alpha value is -2.90. The second kappa shape index (κ2) is 9.76. The van der Waals surface area contributed by atoms with Gasteiger partial charge in [-0.15, -0.1) is 0 Å². The van der Waals surface area contributed by atoms with Crippen molar-refractivity contribution in [2.45, 2.75) is 38.1 Å². The van der Waals surface area contributed by atoms with Gasteiger partial charge in [-0.25, -0.2) is 14.3 Å². The van der Waals surface area contributed by atoms with E-state index in [0.717, 1.165) is 26.2 Å². The Balaban J connectivity index is 1.56. The molecule has 2 aromatic carbocycles. The lowest BCUT2D eigenvalue weighted by Gasteiger charge is -2.41. The molecule has 0 radical (unpaired) electrons. The number of carbonyl (C=O) groups excluding carboxylic acids is 1.